The summed E-state index contributed by atoms with van der Waals surface area (Å²) in [5, 5.41) is 3.45. The molecule has 0 aliphatic carbocycles. The molecule has 2 heterocycles. The van der Waals surface area contributed by atoms with Gasteiger partial charge in [0.15, 0.2) is 0 Å². The summed E-state index contributed by atoms with van der Waals surface area (Å²) >= 11 is 0. The van der Waals surface area contributed by atoms with Crippen molar-refractivity contribution >= 4 is 28.5 Å². The van der Waals surface area contributed by atoms with Crippen LogP contribution in [0.15, 0.2) is 41.2 Å². The van der Waals surface area contributed by atoms with Gasteiger partial charge in [0, 0.05) is 31.4 Å². The Hall–Kier alpha value is -3.46. The van der Waals surface area contributed by atoms with Crippen LogP contribution < -0.4 is 15.8 Å². The number of rotatable bonds is 5. The Kier molecular flexibility index (Phi) is 6.09. The molecule has 1 fully saturated rings. The van der Waals surface area contributed by atoms with Gasteiger partial charge >= 0.3 is 5.97 Å². The summed E-state index contributed by atoms with van der Waals surface area (Å²) in [6.45, 7) is 4.15. The highest BCUT2D eigenvalue weighted by molar-refractivity contribution is 5.95. The normalized spacial score (nSPS) is 14.9. The molecule has 0 bridgehead atoms. The number of aromatic nitrogens is 2. The van der Waals surface area contributed by atoms with Crippen LogP contribution in [0.4, 0.5) is 16.0 Å². The molecule has 9 heteroatoms. The van der Waals surface area contributed by atoms with Crippen LogP contribution in [-0.4, -0.2) is 48.9 Å². The van der Waals surface area contributed by atoms with Crippen LogP contribution in [0.25, 0.3) is 10.9 Å². The van der Waals surface area contributed by atoms with E-state index in [2.05, 4.69) is 5.32 Å². The second-order valence-electron chi connectivity index (χ2n) is 7.67. The van der Waals surface area contributed by atoms with Crippen molar-refractivity contribution in [2.24, 2.45) is 7.05 Å². The Bertz CT molecular complexity index is 1220. The third kappa shape index (κ3) is 4.03. The maximum atomic E-state index is 14.5. The molecule has 0 radical (unpaired) electrons. The molecule has 1 aliphatic rings. The molecule has 3 aromatic rings. The average molecular weight is 440 g/mol. The van der Waals surface area contributed by atoms with Gasteiger partial charge in [-0.1, -0.05) is 12.1 Å². The van der Waals surface area contributed by atoms with Gasteiger partial charge in [-0.25, -0.2) is 14.2 Å². The van der Waals surface area contributed by atoms with Crippen LogP contribution in [0.3, 0.4) is 0 Å². The number of para-hydroxylation sites is 1. The minimum Gasteiger partial charge on any atom is -0.465 e. The number of carbonyl (C=O) groups is 1. The van der Waals surface area contributed by atoms with Crippen LogP contribution in [0.5, 0.6) is 0 Å². The van der Waals surface area contributed by atoms with E-state index in [1.165, 1.54) is 23.8 Å². The largest absolute Gasteiger partial charge is 0.465 e. The highest BCUT2D eigenvalue weighted by atomic mass is 19.1. The van der Waals surface area contributed by atoms with Crippen molar-refractivity contribution in [1.82, 2.24) is 9.55 Å². The van der Waals surface area contributed by atoms with E-state index >= 15 is 0 Å². The number of benzene rings is 2. The second-order valence-corrected chi connectivity index (χ2v) is 7.67. The molecule has 0 spiro atoms. The number of ether oxygens (including phenoxy) is 2. The van der Waals surface area contributed by atoms with Crippen LogP contribution in [0, 0.1) is 5.82 Å². The highest BCUT2D eigenvalue weighted by Crippen LogP contribution is 2.29. The highest BCUT2D eigenvalue weighted by Gasteiger charge is 2.22. The molecule has 0 amide bonds. The van der Waals surface area contributed by atoms with E-state index in [0.717, 1.165) is 0 Å². The number of fused-ring (bicyclic) bond motifs is 1. The molecule has 4 rings (SSSR count). The Morgan fingerprint density at radius 3 is 2.69 bits per heavy atom. The van der Waals surface area contributed by atoms with Crippen molar-refractivity contribution in [3.8, 4) is 0 Å². The first-order chi connectivity index (χ1) is 15.4. The fourth-order valence-electron chi connectivity index (χ4n) is 3.94. The number of anilines is 2. The van der Waals surface area contributed by atoms with Gasteiger partial charge in [0.25, 0.3) is 5.56 Å². The standard InChI is InChI=1S/C23H25FN4O4/c1-14(25-19-7-5-4-6-16(19)22(30)31-3)17-12-15(24)13-18-20(17)26-23(27(2)21(18)29)28-8-10-32-11-9-28/h4-7,12-14,25H,8-11H2,1-3H3. The minimum absolute atomic E-state index is 0.203. The lowest BCUT2D eigenvalue weighted by atomic mass is 10.0. The predicted octanol–water partition coefficient (Wildman–Crippen LogP) is 2.87. The molecule has 1 unspecified atom stereocenters. The minimum atomic E-state index is -0.527. The Morgan fingerprint density at radius 2 is 1.97 bits per heavy atom. The van der Waals surface area contributed by atoms with Crippen LogP contribution in [0.2, 0.25) is 0 Å². The first kappa shape index (κ1) is 21.8. The number of halogens is 1. The summed E-state index contributed by atoms with van der Waals surface area (Å²) in [5.41, 5.74) is 1.53. The summed E-state index contributed by atoms with van der Waals surface area (Å²) < 4.78 is 26.2. The van der Waals surface area contributed by atoms with Gasteiger partial charge < -0.3 is 19.7 Å². The molecular formula is C23H25FN4O4. The molecule has 1 aliphatic heterocycles. The van der Waals surface area contributed by atoms with Crippen molar-refractivity contribution in [2.45, 2.75) is 13.0 Å². The zero-order valence-corrected chi connectivity index (χ0v) is 18.2. The van der Waals surface area contributed by atoms with E-state index in [1.807, 2.05) is 11.8 Å². The van der Waals surface area contributed by atoms with Gasteiger partial charge in [-0.2, -0.15) is 0 Å². The van der Waals surface area contributed by atoms with E-state index in [4.69, 9.17) is 14.5 Å². The van der Waals surface area contributed by atoms with Crippen molar-refractivity contribution in [1.29, 1.82) is 0 Å². The summed E-state index contributed by atoms with van der Waals surface area (Å²) in [5.74, 6) is -0.493. The van der Waals surface area contributed by atoms with Crippen LogP contribution in [0.1, 0.15) is 28.9 Å². The molecule has 8 nitrogen and oxygen atoms in total. The fraction of sp³-hybridized carbons (Fsp3) is 0.348. The number of hydrogen-bond acceptors (Lipinski definition) is 7. The lowest BCUT2D eigenvalue weighted by molar-refractivity contribution is 0.0601. The third-order valence-electron chi connectivity index (χ3n) is 5.62. The fourth-order valence-corrected chi connectivity index (χ4v) is 3.94. The zero-order chi connectivity index (χ0) is 22.8. The summed E-state index contributed by atoms with van der Waals surface area (Å²) in [6.07, 6.45) is 0. The van der Waals surface area contributed by atoms with E-state index < -0.39 is 17.8 Å². The second kappa shape index (κ2) is 8.96. The molecule has 1 aromatic heterocycles. The molecule has 1 N–H and O–H groups in total. The molecule has 32 heavy (non-hydrogen) atoms. The van der Waals surface area contributed by atoms with Gasteiger partial charge in [-0.05, 0) is 31.2 Å². The molecule has 2 aromatic carbocycles. The first-order valence-corrected chi connectivity index (χ1v) is 10.4. The van der Waals surface area contributed by atoms with E-state index in [-0.39, 0.29) is 10.9 Å². The third-order valence-corrected chi connectivity index (χ3v) is 5.62. The predicted molar refractivity (Wildman–Crippen MR) is 120 cm³/mol. The van der Waals surface area contributed by atoms with E-state index in [0.29, 0.717) is 54.6 Å². The van der Waals surface area contributed by atoms with Crippen molar-refractivity contribution in [2.75, 3.05) is 43.6 Å². The van der Waals surface area contributed by atoms with Gasteiger partial charge in [-0.15, -0.1) is 0 Å². The van der Waals surface area contributed by atoms with Gasteiger partial charge in [0.05, 0.1) is 42.8 Å². The number of nitrogens with zero attached hydrogens (tertiary/aromatic N) is 3. The van der Waals surface area contributed by atoms with Crippen molar-refractivity contribution in [3.63, 3.8) is 0 Å². The maximum absolute atomic E-state index is 14.5. The Labute approximate surface area is 184 Å². The summed E-state index contributed by atoms with van der Waals surface area (Å²) in [4.78, 5) is 32.0. The quantitative estimate of drug-likeness (QED) is 0.611. The van der Waals surface area contributed by atoms with Crippen molar-refractivity contribution in [3.05, 3.63) is 63.7 Å². The Balaban J connectivity index is 1.81. The molecule has 168 valence electrons. The number of carbonyl (C=O) groups excluding carboxylic acids is 1. The summed E-state index contributed by atoms with van der Waals surface area (Å²) in [6, 6.07) is 9.05. The Morgan fingerprint density at radius 1 is 1.25 bits per heavy atom. The smallest absolute Gasteiger partial charge is 0.339 e. The number of hydrogen-bond donors (Lipinski definition) is 1. The zero-order valence-electron chi connectivity index (χ0n) is 18.2. The van der Waals surface area contributed by atoms with Crippen LogP contribution >= 0.6 is 0 Å². The van der Waals surface area contributed by atoms with Gasteiger partial charge in [0.1, 0.15) is 5.82 Å². The number of nitrogens with one attached hydrogen (secondary N) is 1. The summed E-state index contributed by atoms with van der Waals surface area (Å²) in [7, 11) is 2.95. The average Bonchev–Trinajstić information content (AvgIpc) is 2.81. The van der Waals surface area contributed by atoms with E-state index in [1.54, 1.807) is 31.3 Å². The monoisotopic (exact) mass is 440 g/mol. The van der Waals surface area contributed by atoms with Gasteiger partial charge in [0.2, 0.25) is 5.95 Å². The molecule has 1 saturated heterocycles. The van der Waals surface area contributed by atoms with Crippen molar-refractivity contribution < 1.29 is 18.7 Å². The molecular weight excluding hydrogens is 415 g/mol. The van der Waals surface area contributed by atoms with Gasteiger partial charge in [-0.3, -0.25) is 9.36 Å². The maximum Gasteiger partial charge on any atom is 0.339 e. The molecule has 0 saturated carbocycles. The first-order valence-electron chi connectivity index (χ1n) is 10.4. The van der Waals surface area contributed by atoms with E-state index in [9.17, 15) is 14.0 Å². The lowest BCUT2D eigenvalue weighted by Gasteiger charge is -2.29. The topological polar surface area (TPSA) is 85.7 Å². The van der Waals surface area contributed by atoms with Crippen LogP contribution in [-0.2, 0) is 16.5 Å². The molecule has 1 atom stereocenters. The lowest BCUT2D eigenvalue weighted by Crippen LogP contribution is -2.40. The number of methoxy groups -OCH3 is 1. The number of esters is 1. The SMILES string of the molecule is COC(=O)c1ccccc1NC(C)c1cc(F)cc2c(=O)n(C)c(N3CCOCC3)nc12. The number of morpholine rings is 1.